The fourth-order valence-corrected chi connectivity index (χ4v) is 2.36. The summed E-state index contributed by atoms with van der Waals surface area (Å²) >= 11 is 0. The van der Waals surface area contributed by atoms with Crippen LogP contribution in [0.1, 0.15) is 39.0 Å². The molecule has 16 heavy (non-hydrogen) atoms. The molecule has 1 unspecified atom stereocenters. The van der Waals surface area contributed by atoms with Gasteiger partial charge in [0.2, 0.25) is 5.91 Å². The molecule has 94 valence electrons. The van der Waals surface area contributed by atoms with Crippen LogP contribution in [0.15, 0.2) is 0 Å². The van der Waals surface area contributed by atoms with E-state index in [0.717, 1.165) is 38.7 Å². The molecule has 0 radical (unpaired) electrons. The van der Waals surface area contributed by atoms with E-state index in [-0.39, 0.29) is 11.8 Å². The quantitative estimate of drug-likeness (QED) is 0.714. The molecule has 1 atom stereocenters. The van der Waals surface area contributed by atoms with E-state index >= 15 is 0 Å². The van der Waals surface area contributed by atoms with Gasteiger partial charge in [-0.1, -0.05) is 6.92 Å². The number of nitrogens with two attached hydrogens (primary N) is 1. The molecule has 1 aliphatic carbocycles. The van der Waals surface area contributed by atoms with Crippen LogP contribution in [-0.4, -0.2) is 31.7 Å². The van der Waals surface area contributed by atoms with Crippen LogP contribution >= 0.6 is 0 Å². The smallest absolute Gasteiger partial charge is 0.220 e. The molecule has 1 fully saturated rings. The van der Waals surface area contributed by atoms with E-state index in [2.05, 4.69) is 12.2 Å². The van der Waals surface area contributed by atoms with Crippen LogP contribution in [0.2, 0.25) is 0 Å². The second-order valence-corrected chi connectivity index (χ2v) is 4.68. The zero-order valence-electron chi connectivity index (χ0n) is 10.4. The summed E-state index contributed by atoms with van der Waals surface area (Å²) in [6.45, 7) is 2.91. The highest BCUT2D eigenvalue weighted by molar-refractivity contribution is 5.76. The number of hydrogen-bond donors (Lipinski definition) is 2. The van der Waals surface area contributed by atoms with E-state index in [9.17, 15) is 4.79 Å². The fraction of sp³-hybridized carbons (Fsp3) is 0.917. The molecule has 1 saturated carbocycles. The van der Waals surface area contributed by atoms with Gasteiger partial charge >= 0.3 is 0 Å². The molecule has 4 heteroatoms. The molecule has 0 saturated heterocycles. The zero-order chi connectivity index (χ0) is 12.0. The Balaban J connectivity index is 2.28. The first kappa shape index (κ1) is 13.5. The van der Waals surface area contributed by atoms with Gasteiger partial charge in [-0.2, -0.15) is 0 Å². The second kappa shape index (κ2) is 6.86. The number of ether oxygens (including phenoxy) is 1. The maximum Gasteiger partial charge on any atom is 0.220 e. The Kier molecular flexibility index (Phi) is 5.77. The standard InChI is InChI=1S/C12H24N2O2/c1-3-10(8-16-2)14-11-6-4-9(5-7-11)12(13)15/h9-11,14H,3-8H2,1-2H3,(H2,13,15). The normalized spacial score (nSPS) is 27.6. The van der Waals surface area contributed by atoms with E-state index in [4.69, 9.17) is 10.5 Å². The predicted molar refractivity (Wildman–Crippen MR) is 64.0 cm³/mol. The maximum absolute atomic E-state index is 11.0. The van der Waals surface area contributed by atoms with Crippen LogP contribution in [0.5, 0.6) is 0 Å². The van der Waals surface area contributed by atoms with Crippen LogP contribution in [0.3, 0.4) is 0 Å². The molecule has 4 nitrogen and oxygen atoms in total. The Morgan fingerprint density at radius 1 is 1.44 bits per heavy atom. The predicted octanol–water partition coefficient (Wildman–Crippen LogP) is 1.05. The molecule has 0 heterocycles. The zero-order valence-corrected chi connectivity index (χ0v) is 10.4. The number of primary amides is 1. The molecule has 3 N–H and O–H groups in total. The Morgan fingerprint density at radius 3 is 2.50 bits per heavy atom. The van der Waals surface area contributed by atoms with Gasteiger partial charge in [-0.05, 0) is 32.1 Å². The summed E-state index contributed by atoms with van der Waals surface area (Å²) in [5.41, 5.74) is 5.31. The monoisotopic (exact) mass is 228 g/mol. The van der Waals surface area contributed by atoms with E-state index in [1.54, 1.807) is 7.11 Å². The number of nitrogens with one attached hydrogen (secondary N) is 1. The molecular formula is C12H24N2O2. The number of amides is 1. The van der Waals surface area contributed by atoms with Crippen molar-refractivity contribution >= 4 is 5.91 Å². The largest absolute Gasteiger partial charge is 0.383 e. The highest BCUT2D eigenvalue weighted by Gasteiger charge is 2.25. The van der Waals surface area contributed by atoms with Gasteiger partial charge in [0.25, 0.3) is 0 Å². The van der Waals surface area contributed by atoms with Gasteiger partial charge in [-0.25, -0.2) is 0 Å². The molecule has 0 bridgehead atoms. The van der Waals surface area contributed by atoms with Gasteiger partial charge in [0.05, 0.1) is 6.61 Å². The maximum atomic E-state index is 11.0. The lowest BCUT2D eigenvalue weighted by Gasteiger charge is -2.30. The SMILES string of the molecule is CCC(COC)NC1CCC(C(N)=O)CC1. The molecule has 0 aliphatic heterocycles. The van der Waals surface area contributed by atoms with Gasteiger partial charge < -0.3 is 15.8 Å². The Labute approximate surface area is 97.9 Å². The topological polar surface area (TPSA) is 64.3 Å². The van der Waals surface area contributed by atoms with E-state index in [1.807, 2.05) is 0 Å². The van der Waals surface area contributed by atoms with Crippen molar-refractivity contribution in [2.45, 2.75) is 51.1 Å². The summed E-state index contributed by atoms with van der Waals surface area (Å²) in [6.07, 6.45) is 5.03. The number of methoxy groups -OCH3 is 1. The van der Waals surface area contributed by atoms with Gasteiger partial charge in [0.15, 0.2) is 0 Å². The van der Waals surface area contributed by atoms with E-state index in [1.165, 1.54) is 0 Å². The summed E-state index contributed by atoms with van der Waals surface area (Å²) in [7, 11) is 1.73. The Bertz CT molecular complexity index is 213. The summed E-state index contributed by atoms with van der Waals surface area (Å²) in [4.78, 5) is 11.0. The van der Waals surface area contributed by atoms with Crippen molar-refractivity contribution in [3.8, 4) is 0 Å². The van der Waals surface area contributed by atoms with Gasteiger partial charge in [0, 0.05) is 25.1 Å². The highest BCUT2D eigenvalue weighted by atomic mass is 16.5. The average Bonchev–Trinajstić information content (AvgIpc) is 2.29. The molecule has 1 aliphatic rings. The molecule has 0 aromatic rings. The molecule has 0 aromatic carbocycles. The van der Waals surface area contributed by atoms with Gasteiger partial charge in [-0.15, -0.1) is 0 Å². The second-order valence-electron chi connectivity index (χ2n) is 4.68. The van der Waals surface area contributed by atoms with Crippen molar-refractivity contribution in [2.24, 2.45) is 11.7 Å². The Hall–Kier alpha value is -0.610. The summed E-state index contributed by atoms with van der Waals surface area (Å²) < 4.78 is 5.16. The summed E-state index contributed by atoms with van der Waals surface area (Å²) in [5.74, 6) is -0.0389. The third kappa shape index (κ3) is 4.10. The van der Waals surface area contributed by atoms with E-state index in [0.29, 0.717) is 12.1 Å². The van der Waals surface area contributed by atoms with Crippen LogP contribution in [0, 0.1) is 5.92 Å². The van der Waals surface area contributed by atoms with E-state index < -0.39 is 0 Å². The molecule has 0 spiro atoms. The number of carbonyl (C=O) groups excluding carboxylic acids is 1. The number of hydrogen-bond acceptors (Lipinski definition) is 3. The van der Waals surface area contributed by atoms with Crippen LogP contribution in [-0.2, 0) is 9.53 Å². The van der Waals surface area contributed by atoms with Crippen molar-refractivity contribution < 1.29 is 9.53 Å². The summed E-state index contributed by atoms with van der Waals surface area (Å²) in [5, 5.41) is 3.59. The van der Waals surface area contributed by atoms with Crippen molar-refractivity contribution in [3.05, 3.63) is 0 Å². The lowest BCUT2D eigenvalue weighted by Crippen LogP contribution is -2.43. The first-order chi connectivity index (χ1) is 7.67. The summed E-state index contributed by atoms with van der Waals surface area (Å²) in [6, 6.07) is 0.954. The number of rotatable bonds is 6. The van der Waals surface area contributed by atoms with Crippen molar-refractivity contribution in [1.29, 1.82) is 0 Å². The molecule has 0 aromatic heterocycles. The molecule has 1 amide bonds. The minimum atomic E-state index is -0.137. The van der Waals surface area contributed by atoms with Gasteiger partial charge in [0.1, 0.15) is 0 Å². The highest BCUT2D eigenvalue weighted by Crippen LogP contribution is 2.24. The lowest BCUT2D eigenvalue weighted by molar-refractivity contribution is -0.122. The van der Waals surface area contributed by atoms with Crippen LogP contribution in [0.4, 0.5) is 0 Å². The van der Waals surface area contributed by atoms with Gasteiger partial charge in [-0.3, -0.25) is 4.79 Å². The first-order valence-electron chi connectivity index (χ1n) is 6.21. The van der Waals surface area contributed by atoms with Crippen molar-refractivity contribution in [2.75, 3.05) is 13.7 Å². The minimum absolute atomic E-state index is 0.0977. The average molecular weight is 228 g/mol. The molecular weight excluding hydrogens is 204 g/mol. The molecule has 1 rings (SSSR count). The fourth-order valence-electron chi connectivity index (χ4n) is 2.36. The minimum Gasteiger partial charge on any atom is -0.383 e. The number of carbonyl (C=O) groups is 1. The third-order valence-electron chi connectivity index (χ3n) is 3.46. The van der Waals surface area contributed by atoms with Crippen LogP contribution in [0.25, 0.3) is 0 Å². The van der Waals surface area contributed by atoms with Crippen molar-refractivity contribution in [1.82, 2.24) is 5.32 Å². The van der Waals surface area contributed by atoms with Crippen molar-refractivity contribution in [3.63, 3.8) is 0 Å². The Morgan fingerprint density at radius 2 is 2.06 bits per heavy atom. The first-order valence-corrected chi connectivity index (χ1v) is 6.21. The lowest BCUT2D eigenvalue weighted by atomic mass is 9.85. The van der Waals surface area contributed by atoms with Crippen LogP contribution < -0.4 is 11.1 Å². The third-order valence-corrected chi connectivity index (χ3v) is 3.46.